The van der Waals surface area contributed by atoms with Gasteiger partial charge >= 0.3 is 0 Å². The summed E-state index contributed by atoms with van der Waals surface area (Å²) in [7, 11) is 0. The van der Waals surface area contributed by atoms with Crippen LogP contribution in [0.2, 0.25) is 0 Å². The van der Waals surface area contributed by atoms with E-state index in [1.807, 2.05) is 0 Å². The molecular formula is C11H23NO. The molecule has 0 saturated heterocycles. The molecule has 0 aromatic carbocycles. The van der Waals surface area contributed by atoms with Crippen LogP contribution in [-0.2, 0) is 0 Å². The van der Waals surface area contributed by atoms with Crippen molar-refractivity contribution >= 4 is 0 Å². The van der Waals surface area contributed by atoms with Crippen LogP contribution in [-0.4, -0.2) is 24.8 Å². The zero-order valence-electron chi connectivity index (χ0n) is 8.76. The maximum absolute atomic E-state index is 8.60. The molecule has 0 bridgehead atoms. The van der Waals surface area contributed by atoms with Gasteiger partial charge in [0.15, 0.2) is 0 Å². The molecule has 0 aromatic heterocycles. The van der Waals surface area contributed by atoms with E-state index in [0.717, 1.165) is 31.3 Å². The third-order valence-corrected chi connectivity index (χ3v) is 3.08. The van der Waals surface area contributed by atoms with Crippen LogP contribution in [0, 0.1) is 11.8 Å². The van der Waals surface area contributed by atoms with E-state index in [0.29, 0.717) is 6.61 Å². The normalized spacial score (nSPS) is 29.1. The Kier molecular flexibility index (Phi) is 5.40. The molecule has 0 amide bonds. The zero-order valence-corrected chi connectivity index (χ0v) is 8.76. The van der Waals surface area contributed by atoms with E-state index >= 15 is 0 Å². The summed E-state index contributed by atoms with van der Waals surface area (Å²) >= 11 is 0. The molecule has 1 aliphatic carbocycles. The summed E-state index contributed by atoms with van der Waals surface area (Å²) in [6.45, 7) is 4.80. The zero-order chi connectivity index (χ0) is 9.52. The fourth-order valence-electron chi connectivity index (χ4n) is 2.04. The first-order chi connectivity index (χ1) is 6.33. The molecule has 1 saturated carbocycles. The van der Waals surface area contributed by atoms with Crippen LogP contribution >= 0.6 is 0 Å². The van der Waals surface area contributed by atoms with Gasteiger partial charge in [0, 0.05) is 6.61 Å². The average molecular weight is 185 g/mol. The van der Waals surface area contributed by atoms with Gasteiger partial charge in [-0.25, -0.2) is 0 Å². The topological polar surface area (TPSA) is 32.3 Å². The van der Waals surface area contributed by atoms with Crippen LogP contribution in [0.3, 0.4) is 0 Å². The second-order valence-electron chi connectivity index (χ2n) is 4.41. The molecule has 0 aliphatic heterocycles. The van der Waals surface area contributed by atoms with Gasteiger partial charge in [0.05, 0.1) is 0 Å². The number of hydrogen-bond donors (Lipinski definition) is 2. The number of rotatable bonds is 5. The maximum atomic E-state index is 8.60. The first-order valence-electron chi connectivity index (χ1n) is 5.64. The van der Waals surface area contributed by atoms with Crippen molar-refractivity contribution in [3.8, 4) is 0 Å². The fraction of sp³-hybridized carbons (Fsp3) is 1.00. The molecule has 1 rings (SSSR count). The molecule has 2 N–H and O–H groups in total. The molecule has 0 radical (unpaired) electrons. The lowest BCUT2D eigenvalue weighted by atomic mass is 9.83. The molecule has 0 aromatic rings. The molecule has 2 nitrogen and oxygen atoms in total. The van der Waals surface area contributed by atoms with Gasteiger partial charge < -0.3 is 10.4 Å². The van der Waals surface area contributed by atoms with Crippen LogP contribution in [0.1, 0.15) is 39.0 Å². The van der Waals surface area contributed by atoms with Gasteiger partial charge in [-0.2, -0.15) is 0 Å². The molecule has 1 aliphatic rings. The summed E-state index contributed by atoms with van der Waals surface area (Å²) in [5.41, 5.74) is 0. The number of hydrogen-bond acceptors (Lipinski definition) is 2. The Morgan fingerprint density at radius 3 is 2.54 bits per heavy atom. The Morgan fingerprint density at radius 2 is 1.92 bits per heavy atom. The van der Waals surface area contributed by atoms with Crippen molar-refractivity contribution in [1.29, 1.82) is 0 Å². The lowest BCUT2D eigenvalue weighted by molar-refractivity contribution is 0.267. The molecule has 13 heavy (non-hydrogen) atoms. The largest absolute Gasteiger partial charge is 0.396 e. The predicted molar refractivity (Wildman–Crippen MR) is 55.7 cm³/mol. The quantitative estimate of drug-likeness (QED) is 0.640. The van der Waals surface area contributed by atoms with Crippen molar-refractivity contribution < 1.29 is 5.11 Å². The minimum Gasteiger partial charge on any atom is -0.396 e. The highest BCUT2D eigenvalue weighted by molar-refractivity contribution is 4.71. The van der Waals surface area contributed by atoms with E-state index in [1.54, 1.807) is 0 Å². The van der Waals surface area contributed by atoms with Crippen LogP contribution < -0.4 is 5.32 Å². The molecule has 78 valence electrons. The van der Waals surface area contributed by atoms with Crippen molar-refractivity contribution in [3.05, 3.63) is 0 Å². The Labute approximate surface area is 81.7 Å². The summed E-state index contributed by atoms with van der Waals surface area (Å²) in [4.78, 5) is 0. The standard InChI is InChI=1S/C11H23NO/c1-10-3-5-11(6-4-10)9-12-7-2-8-13/h10-13H,2-9H2,1H3. The van der Waals surface area contributed by atoms with Gasteiger partial charge in [0.2, 0.25) is 0 Å². The SMILES string of the molecule is CC1CCC(CNCCCO)CC1. The Balaban J connectivity index is 1.96. The summed E-state index contributed by atoms with van der Waals surface area (Å²) < 4.78 is 0. The molecule has 0 unspecified atom stereocenters. The van der Waals surface area contributed by atoms with Crippen LogP contribution in [0.4, 0.5) is 0 Å². The summed E-state index contributed by atoms with van der Waals surface area (Å²) in [5.74, 6) is 1.85. The van der Waals surface area contributed by atoms with Crippen LogP contribution in [0.15, 0.2) is 0 Å². The van der Waals surface area contributed by atoms with E-state index in [9.17, 15) is 0 Å². The Bertz CT molecular complexity index is 119. The van der Waals surface area contributed by atoms with Crippen molar-refractivity contribution in [2.45, 2.75) is 39.0 Å². The second-order valence-corrected chi connectivity index (χ2v) is 4.41. The van der Waals surface area contributed by atoms with E-state index in [4.69, 9.17) is 5.11 Å². The number of aliphatic hydroxyl groups is 1. The maximum Gasteiger partial charge on any atom is 0.0443 e. The van der Waals surface area contributed by atoms with Crippen molar-refractivity contribution in [2.24, 2.45) is 11.8 Å². The highest BCUT2D eigenvalue weighted by atomic mass is 16.3. The average Bonchev–Trinajstić information content (AvgIpc) is 2.15. The highest BCUT2D eigenvalue weighted by Crippen LogP contribution is 2.27. The molecule has 0 atom stereocenters. The molecular weight excluding hydrogens is 162 g/mol. The first-order valence-corrected chi connectivity index (χ1v) is 5.64. The molecule has 1 fully saturated rings. The minimum absolute atomic E-state index is 0.314. The molecule has 0 heterocycles. The van der Waals surface area contributed by atoms with Gasteiger partial charge in [0.25, 0.3) is 0 Å². The number of aliphatic hydroxyl groups excluding tert-OH is 1. The van der Waals surface area contributed by atoms with Crippen LogP contribution in [0.25, 0.3) is 0 Å². The van der Waals surface area contributed by atoms with Crippen molar-refractivity contribution in [1.82, 2.24) is 5.32 Å². The lowest BCUT2D eigenvalue weighted by Gasteiger charge is -2.26. The van der Waals surface area contributed by atoms with Crippen molar-refractivity contribution in [2.75, 3.05) is 19.7 Å². The Hall–Kier alpha value is -0.0800. The van der Waals surface area contributed by atoms with Crippen molar-refractivity contribution in [3.63, 3.8) is 0 Å². The van der Waals surface area contributed by atoms with Crippen LogP contribution in [0.5, 0.6) is 0 Å². The predicted octanol–water partition coefficient (Wildman–Crippen LogP) is 1.78. The van der Waals surface area contributed by atoms with Gasteiger partial charge in [-0.15, -0.1) is 0 Å². The monoisotopic (exact) mass is 185 g/mol. The molecule has 2 heteroatoms. The summed E-state index contributed by atoms with van der Waals surface area (Å²) in [5, 5.41) is 12.0. The smallest absolute Gasteiger partial charge is 0.0443 e. The highest BCUT2D eigenvalue weighted by Gasteiger charge is 2.17. The summed E-state index contributed by atoms with van der Waals surface area (Å²) in [6, 6.07) is 0. The summed E-state index contributed by atoms with van der Waals surface area (Å²) in [6.07, 6.45) is 6.50. The Morgan fingerprint density at radius 1 is 1.23 bits per heavy atom. The van der Waals surface area contributed by atoms with Gasteiger partial charge in [0.1, 0.15) is 0 Å². The van der Waals surface area contributed by atoms with Gasteiger partial charge in [-0.05, 0) is 44.2 Å². The number of nitrogens with one attached hydrogen (secondary N) is 1. The third-order valence-electron chi connectivity index (χ3n) is 3.08. The molecule has 0 spiro atoms. The first kappa shape index (κ1) is 11.0. The van der Waals surface area contributed by atoms with Gasteiger partial charge in [-0.1, -0.05) is 19.8 Å². The fourth-order valence-corrected chi connectivity index (χ4v) is 2.04. The second kappa shape index (κ2) is 6.39. The third kappa shape index (κ3) is 4.63. The van der Waals surface area contributed by atoms with E-state index < -0.39 is 0 Å². The lowest BCUT2D eigenvalue weighted by Crippen LogP contribution is -2.27. The van der Waals surface area contributed by atoms with E-state index in [-0.39, 0.29) is 0 Å². The van der Waals surface area contributed by atoms with E-state index in [2.05, 4.69) is 12.2 Å². The van der Waals surface area contributed by atoms with E-state index in [1.165, 1.54) is 25.7 Å². The van der Waals surface area contributed by atoms with Gasteiger partial charge in [-0.3, -0.25) is 0 Å². The minimum atomic E-state index is 0.314.